The molecule has 1 aliphatic carbocycles. The Morgan fingerprint density at radius 3 is 2.64 bits per heavy atom. The minimum atomic E-state index is -0.115. The molecule has 1 saturated heterocycles. The van der Waals surface area contributed by atoms with Crippen molar-refractivity contribution in [2.75, 3.05) is 13.1 Å². The van der Waals surface area contributed by atoms with Gasteiger partial charge in [0.2, 0.25) is 5.91 Å². The molecule has 1 saturated carbocycles. The van der Waals surface area contributed by atoms with Crippen molar-refractivity contribution in [2.24, 2.45) is 0 Å². The molecule has 0 radical (unpaired) electrons. The van der Waals surface area contributed by atoms with Gasteiger partial charge < -0.3 is 4.90 Å². The second-order valence-electron chi connectivity index (χ2n) is 6.88. The van der Waals surface area contributed by atoms with E-state index in [0.717, 1.165) is 41.8 Å². The van der Waals surface area contributed by atoms with E-state index in [2.05, 4.69) is 26.2 Å². The van der Waals surface area contributed by atoms with Crippen LogP contribution in [0.5, 0.6) is 0 Å². The number of thiophene rings is 1. The number of hydrogen-bond donors (Lipinski definition) is 0. The molecular weight excluding hydrogens is 352 g/mol. The second kappa shape index (κ2) is 7.50. The Kier molecular flexibility index (Phi) is 5.12. The molecule has 7 heteroatoms. The highest BCUT2D eigenvalue weighted by atomic mass is 32.2. The normalized spacial score (nSPS) is 19.6. The van der Waals surface area contributed by atoms with Crippen LogP contribution in [-0.2, 0) is 4.79 Å². The van der Waals surface area contributed by atoms with E-state index in [-0.39, 0.29) is 11.2 Å². The smallest absolute Gasteiger partial charge is 0.235 e. The lowest BCUT2D eigenvalue weighted by molar-refractivity contribution is -0.130. The summed E-state index contributed by atoms with van der Waals surface area (Å²) >= 11 is 3.26. The Balaban J connectivity index is 1.51. The number of likely N-dealkylation sites (tertiary alicyclic amines) is 1. The predicted molar refractivity (Wildman–Crippen MR) is 102 cm³/mol. The minimum absolute atomic E-state index is 0.115. The van der Waals surface area contributed by atoms with Crippen molar-refractivity contribution >= 4 is 29.0 Å². The van der Waals surface area contributed by atoms with Gasteiger partial charge in [0.25, 0.3) is 0 Å². The van der Waals surface area contributed by atoms with Gasteiger partial charge in [-0.2, -0.15) is 0 Å². The molecule has 0 bridgehead atoms. The molecule has 25 heavy (non-hydrogen) atoms. The van der Waals surface area contributed by atoms with E-state index in [1.165, 1.54) is 25.7 Å². The number of carbonyl (C=O) groups excluding carboxylic acids is 1. The summed E-state index contributed by atoms with van der Waals surface area (Å²) in [6, 6.07) is 4.63. The van der Waals surface area contributed by atoms with E-state index in [9.17, 15) is 4.79 Å². The molecule has 4 rings (SSSR count). The van der Waals surface area contributed by atoms with Crippen molar-refractivity contribution in [1.29, 1.82) is 0 Å². The van der Waals surface area contributed by atoms with Crippen LogP contribution in [0.3, 0.4) is 0 Å². The molecule has 0 N–H and O–H groups in total. The van der Waals surface area contributed by atoms with Gasteiger partial charge in [-0.15, -0.1) is 21.5 Å². The zero-order chi connectivity index (χ0) is 17.2. The molecule has 2 aromatic heterocycles. The largest absolute Gasteiger partial charge is 0.342 e. The number of carbonyl (C=O) groups is 1. The van der Waals surface area contributed by atoms with Crippen molar-refractivity contribution < 1.29 is 4.79 Å². The highest BCUT2D eigenvalue weighted by molar-refractivity contribution is 8.00. The highest BCUT2D eigenvalue weighted by Crippen LogP contribution is 2.42. The summed E-state index contributed by atoms with van der Waals surface area (Å²) in [5.41, 5.74) is 0. The third-order valence-electron chi connectivity index (χ3n) is 4.87. The molecule has 2 fully saturated rings. The maximum Gasteiger partial charge on any atom is 0.235 e. The van der Waals surface area contributed by atoms with E-state index in [1.54, 1.807) is 23.1 Å². The van der Waals surface area contributed by atoms with Crippen LogP contribution in [0.1, 0.15) is 51.5 Å². The first-order valence-corrected chi connectivity index (χ1v) is 10.9. The van der Waals surface area contributed by atoms with E-state index in [0.29, 0.717) is 6.04 Å². The average Bonchev–Trinajstić information content (AvgIpc) is 3.25. The summed E-state index contributed by atoms with van der Waals surface area (Å²) in [6.45, 7) is 3.81. The number of nitrogens with zero attached hydrogens (tertiary/aromatic N) is 4. The first-order valence-electron chi connectivity index (χ1n) is 9.18. The SMILES string of the molecule is CC(Sc1nnc(-c2cccs2)n1C1CC1)C(=O)N1CCCCCC1. The maximum atomic E-state index is 12.8. The van der Waals surface area contributed by atoms with Crippen LogP contribution in [0.15, 0.2) is 22.7 Å². The van der Waals surface area contributed by atoms with Crippen molar-refractivity contribution in [2.45, 2.75) is 61.9 Å². The van der Waals surface area contributed by atoms with Gasteiger partial charge in [-0.1, -0.05) is 30.7 Å². The van der Waals surface area contributed by atoms with Gasteiger partial charge in [-0.3, -0.25) is 9.36 Å². The van der Waals surface area contributed by atoms with Gasteiger partial charge in [-0.05, 0) is 44.1 Å². The van der Waals surface area contributed by atoms with Crippen LogP contribution in [-0.4, -0.2) is 43.9 Å². The molecule has 134 valence electrons. The van der Waals surface area contributed by atoms with E-state index in [4.69, 9.17) is 0 Å². The third kappa shape index (κ3) is 3.77. The van der Waals surface area contributed by atoms with Crippen LogP contribution in [0, 0.1) is 0 Å². The van der Waals surface area contributed by atoms with Crippen molar-refractivity contribution in [3.05, 3.63) is 17.5 Å². The number of rotatable bonds is 5. The van der Waals surface area contributed by atoms with Gasteiger partial charge in [0.15, 0.2) is 11.0 Å². The van der Waals surface area contributed by atoms with Crippen LogP contribution in [0.2, 0.25) is 0 Å². The lowest BCUT2D eigenvalue weighted by Crippen LogP contribution is -2.37. The summed E-state index contributed by atoms with van der Waals surface area (Å²) in [5, 5.41) is 11.7. The summed E-state index contributed by atoms with van der Waals surface area (Å²) in [7, 11) is 0. The second-order valence-corrected chi connectivity index (χ2v) is 9.14. The fourth-order valence-electron chi connectivity index (χ4n) is 3.35. The zero-order valence-electron chi connectivity index (χ0n) is 14.6. The lowest BCUT2D eigenvalue weighted by atomic mass is 10.2. The quantitative estimate of drug-likeness (QED) is 0.733. The molecular formula is C18H24N4OS2. The zero-order valence-corrected chi connectivity index (χ0v) is 16.2. The first kappa shape index (κ1) is 17.1. The van der Waals surface area contributed by atoms with Gasteiger partial charge in [0, 0.05) is 19.1 Å². The van der Waals surface area contributed by atoms with Gasteiger partial charge >= 0.3 is 0 Å². The number of hydrogen-bond acceptors (Lipinski definition) is 5. The Labute approximate surface area is 156 Å². The van der Waals surface area contributed by atoms with Crippen molar-refractivity contribution in [3.8, 4) is 10.7 Å². The maximum absolute atomic E-state index is 12.8. The van der Waals surface area contributed by atoms with E-state index < -0.39 is 0 Å². The van der Waals surface area contributed by atoms with Crippen LogP contribution in [0.4, 0.5) is 0 Å². The molecule has 1 atom stereocenters. The highest BCUT2D eigenvalue weighted by Gasteiger charge is 2.32. The summed E-state index contributed by atoms with van der Waals surface area (Å²) in [5.74, 6) is 1.20. The lowest BCUT2D eigenvalue weighted by Gasteiger charge is -2.23. The fraction of sp³-hybridized carbons (Fsp3) is 0.611. The van der Waals surface area contributed by atoms with E-state index >= 15 is 0 Å². The summed E-state index contributed by atoms with van der Waals surface area (Å²) in [6.07, 6.45) is 7.10. The number of aromatic nitrogens is 3. The Bertz CT molecular complexity index is 716. The molecule has 3 heterocycles. The Morgan fingerprint density at radius 2 is 2.00 bits per heavy atom. The third-order valence-corrected chi connectivity index (χ3v) is 6.78. The number of thioether (sulfide) groups is 1. The minimum Gasteiger partial charge on any atom is -0.342 e. The molecule has 1 amide bonds. The molecule has 1 aliphatic heterocycles. The van der Waals surface area contributed by atoms with E-state index in [1.807, 2.05) is 17.9 Å². The standard InChI is InChI=1S/C18H24N4OS2/c1-13(17(23)21-10-4-2-3-5-11-21)25-18-20-19-16(15-7-6-12-24-15)22(18)14-8-9-14/h6-7,12-14H,2-5,8-11H2,1H3. The summed E-state index contributed by atoms with van der Waals surface area (Å²) < 4.78 is 2.25. The van der Waals surface area contributed by atoms with Crippen molar-refractivity contribution in [1.82, 2.24) is 19.7 Å². The fourth-order valence-corrected chi connectivity index (χ4v) is 5.06. The van der Waals surface area contributed by atoms with Crippen LogP contribution in [0.25, 0.3) is 10.7 Å². The van der Waals surface area contributed by atoms with Crippen molar-refractivity contribution in [3.63, 3.8) is 0 Å². The monoisotopic (exact) mass is 376 g/mol. The molecule has 1 unspecified atom stereocenters. The predicted octanol–water partition coefficient (Wildman–Crippen LogP) is 4.22. The topological polar surface area (TPSA) is 51.0 Å². The van der Waals surface area contributed by atoms with Gasteiger partial charge in [-0.25, -0.2) is 0 Å². The molecule has 2 aliphatic rings. The molecule has 0 spiro atoms. The van der Waals surface area contributed by atoms with Crippen LogP contribution >= 0.6 is 23.1 Å². The Hall–Kier alpha value is -1.34. The van der Waals surface area contributed by atoms with Gasteiger partial charge in [0.1, 0.15) is 0 Å². The molecule has 5 nitrogen and oxygen atoms in total. The Morgan fingerprint density at radius 1 is 1.24 bits per heavy atom. The summed E-state index contributed by atoms with van der Waals surface area (Å²) in [4.78, 5) is 16.0. The molecule has 0 aromatic carbocycles. The van der Waals surface area contributed by atoms with Gasteiger partial charge in [0.05, 0.1) is 10.1 Å². The number of amides is 1. The first-order chi connectivity index (χ1) is 12.2. The average molecular weight is 377 g/mol. The molecule has 2 aromatic rings. The van der Waals surface area contributed by atoms with Crippen LogP contribution < -0.4 is 0 Å².